The van der Waals surface area contributed by atoms with Crippen molar-refractivity contribution in [2.75, 3.05) is 31.2 Å². The molecule has 2 aliphatic carbocycles. The van der Waals surface area contributed by atoms with E-state index in [2.05, 4.69) is 25.9 Å². The van der Waals surface area contributed by atoms with E-state index in [-0.39, 0.29) is 22.8 Å². The van der Waals surface area contributed by atoms with E-state index in [4.69, 9.17) is 42.9 Å². The van der Waals surface area contributed by atoms with Crippen LogP contribution in [0.25, 0.3) is 0 Å². The van der Waals surface area contributed by atoms with Crippen LogP contribution in [-0.2, 0) is 4.74 Å². The highest BCUT2D eigenvalue weighted by Gasteiger charge is 2.70. The van der Waals surface area contributed by atoms with Gasteiger partial charge in [-0.1, -0.05) is 17.7 Å². The van der Waals surface area contributed by atoms with Gasteiger partial charge in [-0.2, -0.15) is 5.26 Å². The largest absolute Gasteiger partial charge is 0.489 e. The molecule has 6 unspecified atom stereocenters. The number of ether oxygens (including phenoxy) is 2. The Bertz CT molecular complexity index is 1250. The van der Waals surface area contributed by atoms with Crippen molar-refractivity contribution in [1.82, 2.24) is 15.0 Å². The Hall–Kier alpha value is -2.73. The summed E-state index contributed by atoms with van der Waals surface area (Å²) in [6, 6.07) is 4.13. The number of alkyl halides is 1. The lowest BCUT2D eigenvalue weighted by atomic mass is 9.54. The first kappa shape index (κ1) is 22.7. The molecule has 2 aromatic heterocycles. The Labute approximate surface area is 213 Å². The first-order chi connectivity index (χ1) is 17.0. The van der Waals surface area contributed by atoms with Gasteiger partial charge in [-0.25, -0.2) is 19.9 Å². The number of hydrogen-bond donors (Lipinski definition) is 0. The zero-order valence-electron chi connectivity index (χ0n) is 19.1. The predicted octanol–water partition coefficient (Wildman–Crippen LogP) is 4.14. The molecule has 2 aliphatic heterocycles. The van der Waals surface area contributed by atoms with Crippen LogP contribution >= 0.6 is 23.2 Å². The van der Waals surface area contributed by atoms with Crippen LogP contribution in [0.5, 0.6) is 5.75 Å². The highest BCUT2D eigenvalue weighted by atomic mass is 35.5. The van der Waals surface area contributed by atoms with Gasteiger partial charge < -0.3 is 14.4 Å². The molecule has 35 heavy (non-hydrogen) atoms. The highest BCUT2D eigenvalue weighted by molar-refractivity contribution is 6.34. The standard InChI is InChI=1S/C25H24Cl2N6O2/c1-14-21(4-5-29-23(14)32-20-3-2-15(7-28)6-19(20)27)35-22-17-10-33(24-30-8-16(26)9-31-24)12-25(17)13-34-11-18(22)25/h2-5,8-9,15,17-19,22H,6,10-13H2,1H3. The van der Waals surface area contributed by atoms with Crippen molar-refractivity contribution in [2.45, 2.75) is 24.8 Å². The van der Waals surface area contributed by atoms with E-state index in [1.165, 1.54) is 0 Å². The van der Waals surface area contributed by atoms with Crippen LogP contribution < -0.4 is 9.64 Å². The normalized spacial score (nSPS) is 34.3. The van der Waals surface area contributed by atoms with Gasteiger partial charge in [0.05, 0.1) is 53.7 Å². The summed E-state index contributed by atoms with van der Waals surface area (Å²) in [6.45, 7) is 5.05. The molecule has 6 rings (SSSR count). The Morgan fingerprint density at radius 2 is 2.11 bits per heavy atom. The van der Waals surface area contributed by atoms with E-state index < -0.39 is 0 Å². The summed E-state index contributed by atoms with van der Waals surface area (Å²) in [5, 5.41) is 9.35. The fourth-order valence-corrected chi connectivity index (χ4v) is 6.32. The molecule has 2 aromatic rings. The van der Waals surface area contributed by atoms with Gasteiger partial charge in [0.25, 0.3) is 0 Å². The van der Waals surface area contributed by atoms with Crippen molar-refractivity contribution in [3.8, 4) is 11.8 Å². The monoisotopic (exact) mass is 510 g/mol. The maximum absolute atomic E-state index is 9.15. The molecule has 0 N–H and O–H groups in total. The molecule has 4 aliphatic rings. The molecule has 180 valence electrons. The van der Waals surface area contributed by atoms with Crippen LogP contribution in [0.2, 0.25) is 5.02 Å². The summed E-state index contributed by atoms with van der Waals surface area (Å²) >= 11 is 12.5. The molecule has 1 saturated carbocycles. The van der Waals surface area contributed by atoms with Crippen LogP contribution in [0.1, 0.15) is 12.0 Å². The maximum Gasteiger partial charge on any atom is 0.225 e. The third kappa shape index (κ3) is 3.77. The first-order valence-electron chi connectivity index (χ1n) is 11.7. The number of anilines is 1. The number of halogens is 2. The van der Waals surface area contributed by atoms with Crippen LogP contribution in [0.3, 0.4) is 0 Å². The molecule has 0 bridgehead atoms. The molecule has 3 fully saturated rings. The number of aliphatic imine (C=N–C) groups is 1. The van der Waals surface area contributed by atoms with Gasteiger partial charge in [0.1, 0.15) is 11.9 Å². The molecule has 8 nitrogen and oxygen atoms in total. The molecule has 0 radical (unpaired) electrons. The second-order valence-corrected chi connectivity index (χ2v) is 10.7. The second-order valence-electron chi connectivity index (χ2n) is 9.72. The first-order valence-corrected chi connectivity index (χ1v) is 12.5. The molecule has 6 atom stereocenters. The number of nitrogens with zero attached hydrogens (tertiary/aromatic N) is 6. The summed E-state index contributed by atoms with van der Waals surface area (Å²) in [5.41, 5.74) is 1.65. The van der Waals surface area contributed by atoms with E-state index in [1.54, 1.807) is 18.6 Å². The average molecular weight is 511 g/mol. The zero-order chi connectivity index (χ0) is 24.2. The smallest absolute Gasteiger partial charge is 0.225 e. The summed E-state index contributed by atoms with van der Waals surface area (Å²) in [6.07, 6.45) is 9.23. The van der Waals surface area contributed by atoms with Crippen molar-refractivity contribution in [3.05, 3.63) is 47.4 Å². The van der Waals surface area contributed by atoms with Crippen molar-refractivity contribution in [3.63, 3.8) is 0 Å². The fraction of sp³-hybridized carbons (Fsp3) is 0.480. The van der Waals surface area contributed by atoms with Gasteiger partial charge in [-0.3, -0.25) is 0 Å². The van der Waals surface area contributed by atoms with Crippen LogP contribution in [-0.4, -0.2) is 58.4 Å². The number of pyridine rings is 1. The molecule has 10 heteroatoms. The fourth-order valence-electron chi connectivity index (χ4n) is 5.91. The SMILES string of the molecule is Cc1c(OC2C3COCC34CN(c3ncc(Cl)cn3)CC24)ccnc1N=C1C=CC(C#N)CC1Cl. The Morgan fingerprint density at radius 3 is 2.89 bits per heavy atom. The lowest BCUT2D eigenvalue weighted by molar-refractivity contribution is -0.0999. The predicted molar refractivity (Wildman–Crippen MR) is 132 cm³/mol. The minimum absolute atomic E-state index is 0.0307. The van der Waals surface area contributed by atoms with E-state index in [0.717, 1.165) is 31.0 Å². The van der Waals surface area contributed by atoms with Gasteiger partial charge >= 0.3 is 0 Å². The molecule has 1 spiro atoms. The Kier molecular flexibility index (Phi) is 5.67. The average Bonchev–Trinajstić information content (AvgIpc) is 3.39. The highest BCUT2D eigenvalue weighted by Crippen LogP contribution is 2.60. The number of nitriles is 1. The van der Waals surface area contributed by atoms with E-state index >= 15 is 0 Å². The molecule has 0 amide bonds. The Morgan fingerprint density at radius 1 is 1.29 bits per heavy atom. The number of hydrogen-bond acceptors (Lipinski definition) is 8. The minimum atomic E-state index is -0.321. The van der Waals surface area contributed by atoms with Crippen molar-refractivity contribution in [1.29, 1.82) is 5.26 Å². The maximum atomic E-state index is 9.15. The summed E-state index contributed by atoms with van der Waals surface area (Å²) in [5.74, 6) is 2.48. The molecular weight excluding hydrogens is 487 g/mol. The van der Waals surface area contributed by atoms with Gasteiger partial charge in [-0.05, 0) is 25.5 Å². The van der Waals surface area contributed by atoms with Gasteiger partial charge in [-0.15, -0.1) is 11.6 Å². The van der Waals surface area contributed by atoms with Gasteiger partial charge in [0, 0.05) is 42.1 Å². The second kappa shape index (κ2) is 8.74. The van der Waals surface area contributed by atoms with Gasteiger partial charge in [0.15, 0.2) is 5.82 Å². The van der Waals surface area contributed by atoms with E-state index in [0.29, 0.717) is 47.4 Å². The van der Waals surface area contributed by atoms with E-state index in [1.807, 2.05) is 25.1 Å². The topological polar surface area (TPSA) is 96.5 Å². The third-order valence-corrected chi connectivity index (χ3v) is 8.40. The van der Waals surface area contributed by atoms with Crippen molar-refractivity contribution < 1.29 is 9.47 Å². The quantitative estimate of drug-likeness (QED) is 0.570. The summed E-state index contributed by atoms with van der Waals surface area (Å²) in [4.78, 5) is 20.2. The third-order valence-electron chi connectivity index (χ3n) is 7.80. The Balaban J connectivity index is 1.23. The molecule has 0 aromatic carbocycles. The number of allylic oxidation sites excluding steroid dienone is 2. The zero-order valence-corrected chi connectivity index (χ0v) is 20.7. The lowest BCUT2D eigenvalue weighted by Gasteiger charge is -2.52. The summed E-state index contributed by atoms with van der Waals surface area (Å²) in [7, 11) is 0. The number of aromatic nitrogens is 3. The number of rotatable bonds is 4. The van der Waals surface area contributed by atoms with Crippen LogP contribution in [0.4, 0.5) is 11.8 Å². The lowest BCUT2D eigenvalue weighted by Crippen LogP contribution is -2.61. The van der Waals surface area contributed by atoms with Crippen molar-refractivity contribution in [2.24, 2.45) is 28.2 Å². The summed E-state index contributed by atoms with van der Waals surface area (Å²) < 4.78 is 12.6. The van der Waals surface area contributed by atoms with Crippen molar-refractivity contribution >= 4 is 40.7 Å². The van der Waals surface area contributed by atoms with Crippen LogP contribution in [0.15, 0.2) is 41.8 Å². The van der Waals surface area contributed by atoms with Crippen LogP contribution in [0, 0.1) is 41.4 Å². The van der Waals surface area contributed by atoms with E-state index in [9.17, 15) is 0 Å². The molecule has 4 heterocycles. The molecule has 2 saturated heterocycles. The van der Waals surface area contributed by atoms with Gasteiger partial charge in [0.2, 0.25) is 5.95 Å². The minimum Gasteiger partial charge on any atom is -0.489 e. The molecular formula is C25H24Cl2N6O2.